The first-order valence-electron chi connectivity index (χ1n) is 7.91. The SMILES string of the molecule is COc1ccc(Cl)cc1NC(=O)[C@@H](C)Nc1ccc(C(C)C)cc1. The van der Waals surface area contributed by atoms with Gasteiger partial charge >= 0.3 is 0 Å². The lowest BCUT2D eigenvalue weighted by atomic mass is 10.0. The summed E-state index contributed by atoms with van der Waals surface area (Å²) in [6.07, 6.45) is 0. The number of carbonyl (C=O) groups is 1. The normalized spacial score (nSPS) is 11.9. The third kappa shape index (κ3) is 4.65. The lowest BCUT2D eigenvalue weighted by molar-refractivity contribution is -0.116. The Bertz CT molecular complexity index is 699. The van der Waals surface area contributed by atoms with Crippen molar-refractivity contribution in [3.05, 3.63) is 53.1 Å². The summed E-state index contributed by atoms with van der Waals surface area (Å²) in [6, 6.07) is 12.8. The quantitative estimate of drug-likeness (QED) is 0.781. The molecule has 0 aliphatic rings. The number of benzene rings is 2. The van der Waals surface area contributed by atoms with E-state index in [9.17, 15) is 4.79 Å². The van der Waals surface area contributed by atoms with Crippen molar-refractivity contribution < 1.29 is 9.53 Å². The van der Waals surface area contributed by atoms with Crippen LogP contribution in [0.25, 0.3) is 0 Å². The Balaban J connectivity index is 2.03. The first-order valence-corrected chi connectivity index (χ1v) is 8.29. The molecule has 0 radical (unpaired) electrons. The van der Waals surface area contributed by atoms with Gasteiger partial charge < -0.3 is 15.4 Å². The fourth-order valence-corrected chi connectivity index (χ4v) is 2.47. The molecule has 5 heteroatoms. The van der Waals surface area contributed by atoms with E-state index in [2.05, 4.69) is 36.6 Å². The molecule has 2 aromatic carbocycles. The van der Waals surface area contributed by atoms with Crippen molar-refractivity contribution in [2.24, 2.45) is 0 Å². The Morgan fingerprint density at radius 2 is 1.75 bits per heavy atom. The van der Waals surface area contributed by atoms with E-state index >= 15 is 0 Å². The molecule has 2 N–H and O–H groups in total. The zero-order valence-corrected chi connectivity index (χ0v) is 15.1. The summed E-state index contributed by atoms with van der Waals surface area (Å²) in [4.78, 5) is 12.4. The van der Waals surface area contributed by atoms with Gasteiger partial charge in [0, 0.05) is 10.7 Å². The molecule has 0 bridgehead atoms. The van der Waals surface area contributed by atoms with Gasteiger partial charge in [-0.05, 0) is 48.7 Å². The maximum atomic E-state index is 12.4. The van der Waals surface area contributed by atoms with Gasteiger partial charge in [-0.15, -0.1) is 0 Å². The van der Waals surface area contributed by atoms with Crippen LogP contribution in [0.3, 0.4) is 0 Å². The number of hydrogen-bond donors (Lipinski definition) is 2. The second-order valence-electron chi connectivity index (χ2n) is 5.98. The van der Waals surface area contributed by atoms with Crippen LogP contribution in [0.2, 0.25) is 5.02 Å². The number of methoxy groups -OCH3 is 1. The van der Waals surface area contributed by atoms with Crippen LogP contribution in [0.15, 0.2) is 42.5 Å². The smallest absolute Gasteiger partial charge is 0.246 e. The summed E-state index contributed by atoms with van der Waals surface area (Å²) in [5.41, 5.74) is 2.72. The lowest BCUT2D eigenvalue weighted by Crippen LogP contribution is -2.32. The van der Waals surface area contributed by atoms with Crippen LogP contribution < -0.4 is 15.4 Å². The van der Waals surface area contributed by atoms with Crippen LogP contribution in [-0.2, 0) is 4.79 Å². The maximum absolute atomic E-state index is 12.4. The van der Waals surface area contributed by atoms with E-state index < -0.39 is 6.04 Å². The van der Waals surface area contributed by atoms with Crippen molar-refractivity contribution in [1.82, 2.24) is 0 Å². The predicted molar refractivity (Wildman–Crippen MR) is 100 cm³/mol. The van der Waals surface area contributed by atoms with Crippen molar-refractivity contribution >= 4 is 28.9 Å². The van der Waals surface area contributed by atoms with Crippen molar-refractivity contribution in [2.45, 2.75) is 32.7 Å². The molecule has 0 saturated carbocycles. The minimum absolute atomic E-state index is 0.163. The van der Waals surface area contributed by atoms with E-state index in [0.717, 1.165) is 5.69 Å². The topological polar surface area (TPSA) is 50.4 Å². The van der Waals surface area contributed by atoms with Crippen LogP contribution in [0.5, 0.6) is 5.75 Å². The van der Waals surface area contributed by atoms with E-state index in [0.29, 0.717) is 22.4 Å². The Kier molecular flexibility index (Phi) is 6.10. The summed E-state index contributed by atoms with van der Waals surface area (Å²) in [5.74, 6) is 0.889. The molecule has 0 aliphatic heterocycles. The Morgan fingerprint density at radius 3 is 2.33 bits per heavy atom. The molecule has 1 atom stereocenters. The monoisotopic (exact) mass is 346 g/mol. The number of rotatable bonds is 6. The molecule has 1 amide bonds. The van der Waals surface area contributed by atoms with Crippen LogP contribution >= 0.6 is 11.6 Å². The van der Waals surface area contributed by atoms with Crippen LogP contribution in [0, 0.1) is 0 Å². The highest BCUT2D eigenvalue weighted by atomic mass is 35.5. The Hall–Kier alpha value is -2.20. The highest BCUT2D eigenvalue weighted by molar-refractivity contribution is 6.31. The van der Waals surface area contributed by atoms with Gasteiger partial charge in [0.05, 0.1) is 12.8 Å². The van der Waals surface area contributed by atoms with Crippen molar-refractivity contribution in [3.63, 3.8) is 0 Å². The molecule has 0 heterocycles. The molecule has 2 rings (SSSR count). The van der Waals surface area contributed by atoms with Gasteiger partial charge in [-0.1, -0.05) is 37.6 Å². The van der Waals surface area contributed by atoms with E-state index in [-0.39, 0.29) is 5.91 Å². The average molecular weight is 347 g/mol. The van der Waals surface area contributed by atoms with Gasteiger partial charge in [0.15, 0.2) is 0 Å². The summed E-state index contributed by atoms with van der Waals surface area (Å²) >= 11 is 5.98. The van der Waals surface area contributed by atoms with Gasteiger partial charge in [0.2, 0.25) is 5.91 Å². The number of hydrogen-bond acceptors (Lipinski definition) is 3. The third-order valence-electron chi connectivity index (χ3n) is 3.77. The maximum Gasteiger partial charge on any atom is 0.246 e. The first kappa shape index (κ1) is 18.1. The van der Waals surface area contributed by atoms with Gasteiger partial charge in [-0.25, -0.2) is 0 Å². The highest BCUT2D eigenvalue weighted by Gasteiger charge is 2.15. The molecule has 128 valence electrons. The Morgan fingerprint density at radius 1 is 1.08 bits per heavy atom. The molecule has 0 aliphatic carbocycles. The molecule has 0 saturated heterocycles. The van der Waals surface area contributed by atoms with Gasteiger partial charge in [-0.2, -0.15) is 0 Å². The molecule has 24 heavy (non-hydrogen) atoms. The van der Waals surface area contributed by atoms with E-state index in [4.69, 9.17) is 16.3 Å². The molecule has 0 unspecified atom stereocenters. The number of ether oxygens (including phenoxy) is 1. The number of halogens is 1. The van der Waals surface area contributed by atoms with E-state index in [1.807, 2.05) is 19.1 Å². The third-order valence-corrected chi connectivity index (χ3v) is 4.01. The number of carbonyl (C=O) groups excluding carboxylic acids is 1. The van der Waals surface area contributed by atoms with E-state index in [1.165, 1.54) is 5.56 Å². The summed E-state index contributed by atoms with van der Waals surface area (Å²) < 4.78 is 5.24. The average Bonchev–Trinajstić information content (AvgIpc) is 2.55. The molecule has 0 aromatic heterocycles. The predicted octanol–water partition coefficient (Wildman–Crippen LogP) is 4.91. The zero-order valence-electron chi connectivity index (χ0n) is 14.4. The minimum Gasteiger partial charge on any atom is -0.495 e. The van der Waals surface area contributed by atoms with Crippen molar-refractivity contribution in [3.8, 4) is 5.75 Å². The molecule has 0 spiro atoms. The van der Waals surface area contributed by atoms with Crippen LogP contribution in [-0.4, -0.2) is 19.1 Å². The molecule has 0 fully saturated rings. The Labute approximate surface area is 148 Å². The van der Waals surface area contributed by atoms with Gasteiger partial charge in [0.25, 0.3) is 0 Å². The second kappa shape index (κ2) is 8.06. The fraction of sp³-hybridized carbons (Fsp3) is 0.316. The van der Waals surface area contributed by atoms with Crippen molar-refractivity contribution in [2.75, 3.05) is 17.7 Å². The lowest BCUT2D eigenvalue weighted by Gasteiger charge is -2.17. The molecular formula is C19H23ClN2O2. The first-order chi connectivity index (χ1) is 11.4. The van der Waals surface area contributed by atoms with E-state index in [1.54, 1.807) is 25.3 Å². The van der Waals surface area contributed by atoms with Gasteiger partial charge in [0.1, 0.15) is 11.8 Å². The molecule has 2 aromatic rings. The number of anilines is 2. The summed E-state index contributed by atoms with van der Waals surface area (Å²) in [7, 11) is 1.55. The van der Waals surface area contributed by atoms with Crippen LogP contribution in [0.4, 0.5) is 11.4 Å². The minimum atomic E-state index is -0.404. The molecule has 4 nitrogen and oxygen atoms in total. The summed E-state index contributed by atoms with van der Waals surface area (Å²) in [6.45, 7) is 6.11. The summed E-state index contributed by atoms with van der Waals surface area (Å²) in [5, 5.41) is 6.57. The largest absolute Gasteiger partial charge is 0.495 e. The standard InChI is InChI=1S/C19H23ClN2O2/c1-12(2)14-5-8-16(9-6-14)21-13(3)19(23)22-17-11-15(20)7-10-18(17)24-4/h5-13,21H,1-4H3,(H,22,23)/t13-/m1/s1. The molecular weight excluding hydrogens is 324 g/mol. The zero-order chi connectivity index (χ0) is 17.7. The van der Waals surface area contributed by atoms with Crippen LogP contribution in [0.1, 0.15) is 32.3 Å². The second-order valence-corrected chi connectivity index (χ2v) is 6.41. The van der Waals surface area contributed by atoms with Crippen molar-refractivity contribution in [1.29, 1.82) is 0 Å². The fourth-order valence-electron chi connectivity index (χ4n) is 2.30. The number of nitrogens with one attached hydrogen (secondary N) is 2. The van der Waals surface area contributed by atoms with Gasteiger partial charge in [-0.3, -0.25) is 4.79 Å². The highest BCUT2D eigenvalue weighted by Crippen LogP contribution is 2.28. The number of amides is 1.